The molecule has 0 saturated carbocycles. The summed E-state index contributed by atoms with van der Waals surface area (Å²) in [4.78, 5) is 11.3. The highest BCUT2D eigenvalue weighted by atomic mass is 32.2. The van der Waals surface area contributed by atoms with Crippen LogP contribution in [0, 0.1) is 0 Å². The fraction of sp³-hybridized carbons (Fsp3) is 0.217. The van der Waals surface area contributed by atoms with Crippen LogP contribution in [-0.2, 0) is 6.18 Å². The smallest absolute Gasteiger partial charge is 0.416 e. The van der Waals surface area contributed by atoms with Crippen LogP contribution in [0.5, 0.6) is 11.6 Å². The number of rotatable bonds is 6. The van der Waals surface area contributed by atoms with E-state index >= 15 is 0 Å². The maximum atomic E-state index is 12.9. The molecule has 0 atom stereocenters. The normalized spacial score (nSPS) is 11.9. The van der Waals surface area contributed by atoms with Crippen molar-refractivity contribution in [2.45, 2.75) is 36.7 Å². The van der Waals surface area contributed by atoms with Gasteiger partial charge in [-0.05, 0) is 42.5 Å². The van der Waals surface area contributed by atoms with E-state index in [2.05, 4.69) is 51.2 Å². The second-order valence-corrected chi connectivity index (χ2v) is 10.3. The van der Waals surface area contributed by atoms with Gasteiger partial charge in [0.05, 0.1) is 5.56 Å². The van der Waals surface area contributed by atoms with Gasteiger partial charge in [-0.15, -0.1) is 22.0 Å². The van der Waals surface area contributed by atoms with Crippen LogP contribution < -0.4 is 15.8 Å². The molecule has 182 valence electrons. The fourth-order valence-electron chi connectivity index (χ4n) is 3.00. The molecule has 8 nitrogen and oxygen atoms in total. The number of nitrogens with one attached hydrogen (secondary N) is 2. The Labute approximate surface area is 203 Å². The van der Waals surface area contributed by atoms with E-state index in [1.165, 1.54) is 12.1 Å². The number of thioether (sulfide) groups is 1. The highest BCUT2D eigenvalue weighted by molar-refractivity contribution is 8.00. The second-order valence-electron chi connectivity index (χ2n) is 8.47. The summed E-state index contributed by atoms with van der Waals surface area (Å²) in [5.41, 5.74) is 6.00. The molecular weight excluding hydrogens is 479 g/mol. The number of aromatic nitrogens is 5. The van der Waals surface area contributed by atoms with Gasteiger partial charge in [0.2, 0.25) is 17.8 Å². The first-order valence-electron chi connectivity index (χ1n) is 10.4. The number of benzene rings is 2. The Kier molecular flexibility index (Phi) is 6.57. The van der Waals surface area contributed by atoms with Crippen LogP contribution in [0.4, 0.5) is 30.8 Å². The van der Waals surface area contributed by atoms with Gasteiger partial charge in [0.1, 0.15) is 10.8 Å². The topological polar surface area (TPSA) is 115 Å². The van der Waals surface area contributed by atoms with Crippen molar-refractivity contribution in [2.24, 2.45) is 0 Å². The number of H-pyrrole nitrogens is 1. The van der Waals surface area contributed by atoms with Gasteiger partial charge in [-0.3, -0.25) is 0 Å². The highest BCUT2D eigenvalue weighted by Gasteiger charge is 2.30. The van der Waals surface area contributed by atoms with E-state index in [4.69, 9.17) is 10.5 Å². The lowest BCUT2D eigenvalue weighted by Crippen LogP contribution is -2.08. The van der Waals surface area contributed by atoms with Crippen molar-refractivity contribution in [1.29, 1.82) is 0 Å². The lowest BCUT2D eigenvalue weighted by atomic mass is 10.2. The van der Waals surface area contributed by atoms with Crippen molar-refractivity contribution < 1.29 is 17.9 Å². The molecule has 12 heteroatoms. The third-order valence-corrected chi connectivity index (χ3v) is 5.43. The van der Waals surface area contributed by atoms with Crippen molar-refractivity contribution >= 4 is 29.3 Å². The highest BCUT2D eigenvalue weighted by Crippen LogP contribution is 2.34. The number of anilines is 3. The Morgan fingerprint density at radius 1 is 0.971 bits per heavy atom. The SMILES string of the molecule is CC(C)(C)Sc1cc(Oc2ccc(-c3nnc(Nc4cccc(C(F)(F)F)c4)[nH]3)cc2)nc(N)n1. The van der Waals surface area contributed by atoms with Gasteiger partial charge in [0.25, 0.3) is 0 Å². The molecule has 0 radical (unpaired) electrons. The Hall–Kier alpha value is -3.80. The van der Waals surface area contributed by atoms with Gasteiger partial charge in [-0.25, -0.2) is 4.98 Å². The Bertz CT molecular complexity index is 1320. The zero-order chi connectivity index (χ0) is 25.2. The van der Waals surface area contributed by atoms with Crippen LogP contribution in [0.25, 0.3) is 11.4 Å². The molecular formula is C23H22F3N7OS. The number of nitrogens with two attached hydrogens (primary N) is 1. The number of aromatic amines is 1. The number of nitrogens with zero attached hydrogens (tertiary/aromatic N) is 4. The van der Waals surface area contributed by atoms with Crippen LogP contribution in [0.15, 0.2) is 59.6 Å². The van der Waals surface area contributed by atoms with Crippen LogP contribution >= 0.6 is 11.8 Å². The van der Waals surface area contributed by atoms with Crippen LogP contribution in [-0.4, -0.2) is 29.9 Å². The molecule has 0 spiro atoms. The van der Waals surface area contributed by atoms with Crippen LogP contribution in [0.1, 0.15) is 26.3 Å². The monoisotopic (exact) mass is 501 g/mol. The number of alkyl halides is 3. The minimum atomic E-state index is -4.43. The molecule has 0 aliphatic rings. The zero-order valence-corrected chi connectivity index (χ0v) is 19.8. The van der Waals surface area contributed by atoms with E-state index in [0.29, 0.717) is 28.0 Å². The van der Waals surface area contributed by atoms with E-state index < -0.39 is 11.7 Å². The van der Waals surface area contributed by atoms with Gasteiger partial charge in [0, 0.05) is 22.1 Å². The molecule has 0 amide bonds. The maximum Gasteiger partial charge on any atom is 0.416 e. The van der Waals surface area contributed by atoms with Gasteiger partial charge in [0.15, 0.2) is 5.82 Å². The maximum absolute atomic E-state index is 12.9. The van der Waals surface area contributed by atoms with E-state index in [9.17, 15) is 13.2 Å². The number of halogens is 3. The predicted molar refractivity (Wildman–Crippen MR) is 129 cm³/mol. The standard InChI is InChI=1S/C23H22F3N7OS/c1-22(2,3)35-18-12-17(29-20(27)30-18)34-16-9-7-13(8-10-16)19-31-21(33-32-19)28-15-6-4-5-14(11-15)23(24,25)26/h4-12H,1-3H3,(H2,27,29,30)(H2,28,31,32,33). The van der Waals surface area contributed by atoms with Crippen molar-refractivity contribution in [3.05, 3.63) is 60.2 Å². The molecule has 0 saturated heterocycles. The summed E-state index contributed by atoms with van der Waals surface area (Å²) in [5.74, 6) is 1.61. The van der Waals surface area contributed by atoms with Gasteiger partial charge >= 0.3 is 6.18 Å². The number of ether oxygens (including phenoxy) is 1. The first kappa shape index (κ1) is 24.3. The van der Waals surface area contributed by atoms with Crippen LogP contribution in [0.2, 0.25) is 0 Å². The minimum absolute atomic E-state index is 0.0500. The van der Waals surface area contributed by atoms with Crippen molar-refractivity contribution in [3.8, 4) is 23.0 Å². The van der Waals surface area contributed by atoms with Gasteiger partial charge in [-0.2, -0.15) is 18.2 Å². The zero-order valence-electron chi connectivity index (χ0n) is 19.0. The Balaban J connectivity index is 1.45. The molecule has 0 unspecified atom stereocenters. The van der Waals surface area contributed by atoms with Crippen molar-refractivity contribution in [2.75, 3.05) is 11.1 Å². The summed E-state index contributed by atoms with van der Waals surface area (Å²) in [6, 6.07) is 13.5. The average Bonchev–Trinajstić information content (AvgIpc) is 3.20. The molecule has 4 rings (SSSR count). The molecule has 0 aliphatic heterocycles. The second kappa shape index (κ2) is 9.45. The Morgan fingerprint density at radius 3 is 2.40 bits per heavy atom. The molecule has 4 aromatic rings. The minimum Gasteiger partial charge on any atom is -0.439 e. The van der Waals surface area contributed by atoms with Gasteiger partial charge in [-0.1, -0.05) is 26.8 Å². The molecule has 35 heavy (non-hydrogen) atoms. The predicted octanol–water partition coefficient (Wildman–Crippen LogP) is 6.29. The van der Waals surface area contributed by atoms with E-state index in [-0.39, 0.29) is 22.3 Å². The Morgan fingerprint density at radius 2 is 1.71 bits per heavy atom. The third kappa shape index (κ3) is 6.63. The lowest BCUT2D eigenvalue weighted by Gasteiger charge is -2.17. The summed E-state index contributed by atoms with van der Waals surface area (Å²) < 4.78 is 44.5. The molecule has 4 N–H and O–H groups in total. The number of hydrogen-bond donors (Lipinski definition) is 3. The lowest BCUT2D eigenvalue weighted by molar-refractivity contribution is -0.137. The molecule has 0 bridgehead atoms. The quantitative estimate of drug-likeness (QED) is 0.209. The molecule has 2 aromatic carbocycles. The molecule has 0 aliphatic carbocycles. The summed E-state index contributed by atoms with van der Waals surface area (Å²) in [6.07, 6.45) is -4.43. The van der Waals surface area contributed by atoms with E-state index in [0.717, 1.165) is 12.1 Å². The van der Waals surface area contributed by atoms with Crippen molar-refractivity contribution in [1.82, 2.24) is 25.1 Å². The third-order valence-electron chi connectivity index (χ3n) is 4.40. The van der Waals surface area contributed by atoms with E-state index in [1.807, 2.05) is 0 Å². The van der Waals surface area contributed by atoms with Gasteiger partial charge < -0.3 is 20.8 Å². The average molecular weight is 502 g/mol. The molecule has 0 fully saturated rings. The molecule has 2 aromatic heterocycles. The summed E-state index contributed by atoms with van der Waals surface area (Å²) in [7, 11) is 0. The summed E-state index contributed by atoms with van der Waals surface area (Å²) in [5, 5.41) is 11.5. The van der Waals surface area contributed by atoms with E-state index in [1.54, 1.807) is 42.1 Å². The van der Waals surface area contributed by atoms with Crippen molar-refractivity contribution in [3.63, 3.8) is 0 Å². The largest absolute Gasteiger partial charge is 0.439 e. The summed E-state index contributed by atoms with van der Waals surface area (Å²) >= 11 is 1.55. The molecule has 2 heterocycles. The number of hydrogen-bond acceptors (Lipinski definition) is 8. The first-order valence-corrected chi connectivity index (χ1v) is 11.3. The number of nitrogen functional groups attached to an aromatic ring is 1. The summed E-state index contributed by atoms with van der Waals surface area (Å²) in [6.45, 7) is 6.21. The van der Waals surface area contributed by atoms with Crippen LogP contribution in [0.3, 0.4) is 0 Å². The first-order chi connectivity index (χ1) is 16.4. The fourth-order valence-corrected chi connectivity index (χ4v) is 3.93.